The van der Waals surface area contributed by atoms with Crippen LogP contribution in [0.25, 0.3) is 0 Å². The molecule has 2 nitrogen and oxygen atoms in total. The van der Waals surface area contributed by atoms with Crippen LogP contribution in [-0.4, -0.2) is 20.2 Å². The maximum Gasteiger partial charge on any atom is 0.120 e. The summed E-state index contributed by atoms with van der Waals surface area (Å²) in [6, 6.07) is 7.94. The predicted molar refractivity (Wildman–Crippen MR) is 67.6 cm³/mol. The molecule has 0 unspecified atom stereocenters. The van der Waals surface area contributed by atoms with Crippen molar-refractivity contribution in [1.29, 1.82) is 0 Å². The number of benzene rings is 1. The molecule has 2 heteroatoms. The van der Waals surface area contributed by atoms with Crippen LogP contribution < -0.4 is 10.1 Å². The Bertz CT molecular complexity index is 362. The SMILES string of the molecule is CCCOc1cccc(C#CCCNC)c1. The van der Waals surface area contributed by atoms with E-state index in [1.807, 2.05) is 31.3 Å². The van der Waals surface area contributed by atoms with Crippen molar-refractivity contribution in [3.05, 3.63) is 29.8 Å². The Morgan fingerprint density at radius 1 is 1.38 bits per heavy atom. The third kappa shape index (κ3) is 4.86. The summed E-state index contributed by atoms with van der Waals surface area (Å²) in [5, 5.41) is 3.07. The fourth-order valence-corrected chi connectivity index (χ4v) is 1.24. The molecule has 1 rings (SSSR count). The van der Waals surface area contributed by atoms with Crippen molar-refractivity contribution in [1.82, 2.24) is 5.32 Å². The summed E-state index contributed by atoms with van der Waals surface area (Å²) >= 11 is 0. The number of hydrogen-bond acceptors (Lipinski definition) is 2. The minimum absolute atomic E-state index is 0.761. The zero-order valence-electron chi connectivity index (χ0n) is 10.0. The summed E-state index contributed by atoms with van der Waals surface area (Å²) in [4.78, 5) is 0. The lowest BCUT2D eigenvalue weighted by atomic mass is 10.2. The monoisotopic (exact) mass is 217 g/mol. The fourth-order valence-electron chi connectivity index (χ4n) is 1.24. The zero-order chi connectivity index (χ0) is 11.6. The molecule has 0 radical (unpaired) electrons. The van der Waals surface area contributed by atoms with Gasteiger partial charge in [0.15, 0.2) is 0 Å². The van der Waals surface area contributed by atoms with Crippen LogP contribution in [-0.2, 0) is 0 Å². The molecule has 0 bridgehead atoms. The van der Waals surface area contributed by atoms with Gasteiger partial charge in [0, 0.05) is 18.5 Å². The topological polar surface area (TPSA) is 21.3 Å². The molecule has 0 aliphatic heterocycles. The summed E-state index contributed by atoms with van der Waals surface area (Å²) in [6.07, 6.45) is 1.90. The first kappa shape index (κ1) is 12.6. The van der Waals surface area contributed by atoms with E-state index < -0.39 is 0 Å². The van der Waals surface area contributed by atoms with Crippen LogP contribution in [0, 0.1) is 11.8 Å². The van der Waals surface area contributed by atoms with Crippen molar-refractivity contribution in [2.75, 3.05) is 20.2 Å². The van der Waals surface area contributed by atoms with Gasteiger partial charge in [0.05, 0.1) is 6.61 Å². The highest BCUT2D eigenvalue weighted by Crippen LogP contribution is 2.12. The summed E-state index contributed by atoms with van der Waals surface area (Å²) in [5.74, 6) is 7.15. The number of rotatable bonds is 5. The highest BCUT2D eigenvalue weighted by atomic mass is 16.5. The maximum absolute atomic E-state index is 5.54. The van der Waals surface area contributed by atoms with Gasteiger partial charge in [-0.3, -0.25) is 0 Å². The standard InChI is InChI=1S/C14H19NO/c1-3-11-16-14-9-6-8-13(12-14)7-4-5-10-15-2/h6,8-9,12,15H,3,5,10-11H2,1-2H3. The van der Waals surface area contributed by atoms with Crippen molar-refractivity contribution in [2.24, 2.45) is 0 Å². The number of ether oxygens (including phenoxy) is 1. The zero-order valence-corrected chi connectivity index (χ0v) is 10.0. The van der Waals surface area contributed by atoms with Crippen LogP contribution in [0.15, 0.2) is 24.3 Å². The van der Waals surface area contributed by atoms with Gasteiger partial charge in [0.1, 0.15) is 5.75 Å². The first-order valence-corrected chi connectivity index (χ1v) is 5.73. The Hall–Kier alpha value is -1.46. The Morgan fingerprint density at radius 2 is 2.25 bits per heavy atom. The Morgan fingerprint density at radius 3 is 3.00 bits per heavy atom. The van der Waals surface area contributed by atoms with Gasteiger partial charge >= 0.3 is 0 Å². The van der Waals surface area contributed by atoms with Crippen LogP contribution in [0.3, 0.4) is 0 Å². The van der Waals surface area contributed by atoms with E-state index in [1.54, 1.807) is 0 Å². The Kier molecular flexibility index (Phi) is 6.13. The molecular weight excluding hydrogens is 198 g/mol. The van der Waals surface area contributed by atoms with Crippen molar-refractivity contribution < 1.29 is 4.74 Å². The largest absolute Gasteiger partial charge is 0.494 e. The van der Waals surface area contributed by atoms with Gasteiger partial charge in [-0.25, -0.2) is 0 Å². The van der Waals surface area contributed by atoms with E-state index in [9.17, 15) is 0 Å². The minimum atomic E-state index is 0.761. The average Bonchev–Trinajstić information content (AvgIpc) is 2.33. The second-order valence-corrected chi connectivity index (χ2v) is 3.53. The third-order valence-corrected chi connectivity index (χ3v) is 2.04. The van der Waals surface area contributed by atoms with Crippen LogP contribution in [0.2, 0.25) is 0 Å². The van der Waals surface area contributed by atoms with Crippen LogP contribution in [0.5, 0.6) is 5.75 Å². The van der Waals surface area contributed by atoms with Crippen molar-refractivity contribution in [3.63, 3.8) is 0 Å². The molecule has 16 heavy (non-hydrogen) atoms. The van der Waals surface area contributed by atoms with E-state index in [4.69, 9.17) is 4.74 Å². The van der Waals surface area contributed by atoms with E-state index in [2.05, 4.69) is 24.1 Å². The van der Waals surface area contributed by atoms with Gasteiger partial charge in [0.2, 0.25) is 0 Å². The summed E-state index contributed by atoms with van der Waals surface area (Å²) < 4.78 is 5.54. The van der Waals surface area contributed by atoms with Crippen molar-refractivity contribution in [2.45, 2.75) is 19.8 Å². The van der Waals surface area contributed by atoms with Gasteiger partial charge in [-0.15, -0.1) is 0 Å². The van der Waals surface area contributed by atoms with Crippen LogP contribution in [0.4, 0.5) is 0 Å². The van der Waals surface area contributed by atoms with E-state index in [1.165, 1.54) is 0 Å². The molecule has 0 heterocycles. The fraction of sp³-hybridized carbons (Fsp3) is 0.429. The van der Waals surface area contributed by atoms with E-state index >= 15 is 0 Å². The average molecular weight is 217 g/mol. The molecule has 0 saturated carbocycles. The molecular formula is C14H19NO. The highest BCUT2D eigenvalue weighted by Gasteiger charge is 1.93. The number of hydrogen-bond donors (Lipinski definition) is 1. The van der Waals surface area contributed by atoms with E-state index in [0.717, 1.165) is 37.3 Å². The molecule has 86 valence electrons. The van der Waals surface area contributed by atoms with Crippen LogP contribution >= 0.6 is 0 Å². The molecule has 1 N–H and O–H groups in total. The molecule has 0 atom stereocenters. The maximum atomic E-state index is 5.54. The summed E-state index contributed by atoms with van der Waals surface area (Å²) in [7, 11) is 1.93. The molecule has 0 saturated heterocycles. The van der Waals surface area contributed by atoms with Gasteiger partial charge in [-0.05, 0) is 31.7 Å². The summed E-state index contributed by atoms with van der Waals surface area (Å²) in [6.45, 7) is 3.79. The molecule has 0 aromatic heterocycles. The van der Waals surface area contributed by atoms with Gasteiger partial charge in [-0.2, -0.15) is 0 Å². The molecule has 0 amide bonds. The molecule has 0 aliphatic carbocycles. The Balaban J connectivity index is 2.55. The molecule has 0 aliphatic rings. The summed E-state index contributed by atoms with van der Waals surface area (Å²) in [5.41, 5.74) is 1.02. The lowest BCUT2D eigenvalue weighted by Gasteiger charge is -2.03. The van der Waals surface area contributed by atoms with E-state index in [0.29, 0.717) is 0 Å². The molecule has 0 spiro atoms. The Labute approximate surface area is 98.0 Å². The second-order valence-electron chi connectivity index (χ2n) is 3.53. The molecule has 1 aromatic carbocycles. The lowest BCUT2D eigenvalue weighted by molar-refractivity contribution is 0.317. The third-order valence-electron chi connectivity index (χ3n) is 2.04. The molecule has 1 aromatic rings. The van der Waals surface area contributed by atoms with Crippen molar-refractivity contribution in [3.8, 4) is 17.6 Å². The minimum Gasteiger partial charge on any atom is -0.494 e. The first-order chi connectivity index (χ1) is 7.86. The second kappa shape index (κ2) is 7.78. The van der Waals surface area contributed by atoms with Crippen molar-refractivity contribution >= 4 is 0 Å². The van der Waals surface area contributed by atoms with Gasteiger partial charge < -0.3 is 10.1 Å². The highest BCUT2D eigenvalue weighted by molar-refractivity contribution is 5.39. The lowest BCUT2D eigenvalue weighted by Crippen LogP contribution is -2.05. The first-order valence-electron chi connectivity index (χ1n) is 5.73. The van der Waals surface area contributed by atoms with Crippen LogP contribution in [0.1, 0.15) is 25.3 Å². The predicted octanol–water partition coefficient (Wildman–Crippen LogP) is 2.44. The van der Waals surface area contributed by atoms with Gasteiger partial charge in [0.25, 0.3) is 0 Å². The smallest absolute Gasteiger partial charge is 0.120 e. The quantitative estimate of drug-likeness (QED) is 0.604. The van der Waals surface area contributed by atoms with Gasteiger partial charge in [-0.1, -0.05) is 24.8 Å². The molecule has 0 fully saturated rings. The number of nitrogens with one attached hydrogen (secondary N) is 1. The normalized spacial score (nSPS) is 9.38. The van der Waals surface area contributed by atoms with E-state index in [-0.39, 0.29) is 0 Å².